The molecule has 184 valence electrons. The van der Waals surface area contributed by atoms with Gasteiger partial charge in [0.25, 0.3) is 5.91 Å². The standard InChI is InChI=1S/C24H30FN3O4S2/c1-16-2-8-21(9-3-16)34(30,31)28-19-6-4-18(5-7-19)27-23(29)22-14-17(25)15-26-24(22)32-20-10-12-33-13-11-20/h2-3,8-9,14-15,18-20,28H,4-7,10-13H2,1H3,(H,27,29). The number of aryl methyl sites for hydroxylation is 1. The highest BCUT2D eigenvalue weighted by molar-refractivity contribution is 7.99. The average molecular weight is 508 g/mol. The van der Waals surface area contributed by atoms with Crippen LogP contribution in [0, 0.1) is 12.7 Å². The number of ether oxygens (including phenoxy) is 1. The maximum absolute atomic E-state index is 13.9. The molecule has 1 aliphatic heterocycles. The van der Waals surface area contributed by atoms with E-state index in [0.29, 0.717) is 25.7 Å². The van der Waals surface area contributed by atoms with Crippen LogP contribution >= 0.6 is 11.8 Å². The number of hydrogen-bond donors (Lipinski definition) is 2. The van der Waals surface area contributed by atoms with Gasteiger partial charge in [0.15, 0.2) is 0 Å². The van der Waals surface area contributed by atoms with Gasteiger partial charge in [-0.1, -0.05) is 17.7 Å². The van der Waals surface area contributed by atoms with Gasteiger partial charge in [-0.05, 0) is 75.2 Å². The number of rotatable bonds is 7. The minimum Gasteiger partial charge on any atom is -0.474 e. The molecule has 10 heteroatoms. The van der Waals surface area contributed by atoms with Gasteiger partial charge >= 0.3 is 0 Å². The van der Waals surface area contributed by atoms with Crippen LogP contribution in [0.1, 0.15) is 54.4 Å². The van der Waals surface area contributed by atoms with Gasteiger partial charge in [0.2, 0.25) is 15.9 Å². The van der Waals surface area contributed by atoms with Gasteiger partial charge in [-0.25, -0.2) is 22.5 Å². The lowest BCUT2D eigenvalue weighted by molar-refractivity contribution is 0.0914. The number of sulfonamides is 1. The number of halogens is 1. The van der Waals surface area contributed by atoms with Crippen LogP contribution < -0.4 is 14.8 Å². The van der Waals surface area contributed by atoms with Gasteiger partial charge in [-0.2, -0.15) is 11.8 Å². The Bertz CT molecular complexity index is 1100. The fourth-order valence-electron chi connectivity index (χ4n) is 4.26. The quantitative estimate of drug-likeness (QED) is 0.591. The largest absolute Gasteiger partial charge is 0.474 e. The summed E-state index contributed by atoms with van der Waals surface area (Å²) in [6, 6.07) is 7.58. The number of hydrogen-bond acceptors (Lipinski definition) is 6. The Labute approximate surface area is 204 Å². The molecule has 1 aromatic carbocycles. The number of aromatic nitrogens is 1. The molecule has 1 saturated carbocycles. The summed E-state index contributed by atoms with van der Waals surface area (Å²) in [5, 5.41) is 2.95. The number of carbonyl (C=O) groups excluding carboxylic acids is 1. The molecule has 0 radical (unpaired) electrons. The Kier molecular flexibility index (Phi) is 8.10. The number of carbonyl (C=O) groups is 1. The normalized spacial score (nSPS) is 21.7. The summed E-state index contributed by atoms with van der Waals surface area (Å²) in [7, 11) is -3.59. The Morgan fingerprint density at radius 1 is 1.06 bits per heavy atom. The van der Waals surface area contributed by atoms with Crippen LogP contribution in [0.15, 0.2) is 41.4 Å². The van der Waals surface area contributed by atoms with Gasteiger partial charge in [0.05, 0.1) is 11.1 Å². The first-order valence-electron chi connectivity index (χ1n) is 11.6. The molecule has 0 bridgehead atoms. The van der Waals surface area contributed by atoms with E-state index < -0.39 is 21.7 Å². The highest BCUT2D eigenvalue weighted by Gasteiger charge is 2.28. The van der Waals surface area contributed by atoms with E-state index in [-0.39, 0.29) is 34.5 Å². The third-order valence-corrected chi connectivity index (χ3v) is 8.81. The first kappa shape index (κ1) is 24.9. The fraction of sp³-hybridized carbons (Fsp3) is 0.500. The number of benzene rings is 1. The molecular formula is C24H30FN3O4S2. The van der Waals surface area contributed by atoms with Crippen LogP contribution in [0.25, 0.3) is 0 Å². The molecule has 0 atom stereocenters. The third kappa shape index (κ3) is 6.49. The van der Waals surface area contributed by atoms with Crippen LogP contribution in [-0.2, 0) is 10.0 Å². The number of pyridine rings is 1. The monoisotopic (exact) mass is 507 g/mol. The van der Waals surface area contributed by atoms with Gasteiger partial charge in [0, 0.05) is 12.1 Å². The minimum atomic E-state index is -3.59. The summed E-state index contributed by atoms with van der Waals surface area (Å²) in [6.07, 6.45) is 5.20. The van der Waals surface area contributed by atoms with Crippen molar-refractivity contribution < 1.29 is 22.3 Å². The first-order chi connectivity index (χ1) is 16.3. The minimum absolute atomic E-state index is 0.0252. The summed E-state index contributed by atoms with van der Waals surface area (Å²) in [6.45, 7) is 1.91. The van der Waals surface area contributed by atoms with Crippen LogP contribution in [0.2, 0.25) is 0 Å². The van der Waals surface area contributed by atoms with Crippen molar-refractivity contribution in [1.29, 1.82) is 0 Å². The van der Waals surface area contributed by atoms with E-state index in [2.05, 4.69) is 15.0 Å². The Morgan fingerprint density at radius 2 is 1.71 bits per heavy atom. The molecule has 1 saturated heterocycles. The van der Waals surface area contributed by atoms with E-state index >= 15 is 0 Å². The van der Waals surface area contributed by atoms with Crippen molar-refractivity contribution in [1.82, 2.24) is 15.0 Å². The Balaban J connectivity index is 1.33. The first-order valence-corrected chi connectivity index (χ1v) is 14.2. The van der Waals surface area contributed by atoms with Gasteiger partial charge < -0.3 is 10.1 Å². The summed E-state index contributed by atoms with van der Waals surface area (Å²) in [5.41, 5.74) is 1.09. The van der Waals surface area contributed by atoms with E-state index in [1.807, 2.05) is 18.7 Å². The molecule has 0 unspecified atom stereocenters. The highest BCUT2D eigenvalue weighted by Crippen LogP contribution is 2.26. The second-order valence-corrected chi connectivity index (χ2v) is 11.8. The van der Waals surface area contributed by atoms with E-state index in [1.165, 1.54) is 0 Å². The van der Waals surface area contributed by atoms with Crippen LogP contribution in [0.4, 0.5) is 4.39 Å². The van der Waals surface area contributed by atoms with E-state index in [4.69, 9.17) is 4.74 Å². The van der Waals surface area contributed by atoms with Crippen molar-refractivity contribution in [2.45, 2.75) is 68.5 Å². The molecule has 2 heterocycles. The number of nitrogens with one attached hydrogen (secondary N) is 2. The van der Waals surface area contributed by atoms with E-state index in [9.17, 15) is 17.6 Å². The van der Waals surface area contributed by atoms with Gasteiger partial charge in [-0.15, -0.1) is 0 Å². The summed E-state index contributed by atoms with van der Waals surface area (Å²) < 4.78 is 47.9. The van der Waals surface area contributed by atoms with Crippen molar-refractivity contribution in [2.75, 3.05) is 11.5 Å². The number of amides is 1. The molecule has 7 nitrogen and oxygen atoms in total. The van der Waals surface area contributed by atoms with Crippen molar-refractivity contribution in [3.05, 3.63) is 53.5 Å². The second kappa shape index (κ2) is 11.0. The molecular weight excluding hydrogens is 477 g/mol. The summed E-state index contributed by atoms with van der Waals surface area (Å²) in [5.74, 6) is 1.13. The number of thioether (sulfide) groups is 1. The van der Waals surface area contributed by atoms with Crippen molar-refractivity contribution in [3.63, 3.8) is 0 Å². The second-order valence-electron chi connectivity index (χ2n) is 8.89. The van der Waals surface area contributed by atoms with Crippen molar-refractivity contribution >= 4 is 27.7 Å². The van der Waals surface area contributed by atoms with Crippen molar-refractivity contribution in [2.24, 2.45) is 0 Å². The Hall–Kier alpha value is -2.17. The molecule has 0 spiro atoms. The van der Waals surface area contributed by atoms with Crippen LogP contribution in [-0.4, -0.2) is 49.0 Å². The third-order valence-electron chi connectivity index (χ3n) is 6.22. The molecule has 34 heavy (non-hydrogen) atoms. The predicted molar refractivity (Wildman–Crippen MR) is 130 cm³/mol. The molecule has 2 aliphatic rings. The van der Waals surface area contributed by atoms with Gasteiger partial charge in [-0.3, -0.25) is 4.79 Å². The molecule has 1 aliphatic carbocycles. The zero-order chi connectivity index (χ0) is 24.1. The molecule has 2 fully saturated rings. The summed E-state index contributed by atoms with van der Waals surface area (Å²) in [4.78, 5) is 17.2. The lowest BCUT2D eigenvalue weighted by atomic mass is 9.91. The topological polar surface area (TPSA) is 97.4 Å². The lowest BCUT2D eigenvalue weighted by Gasteiger charge is -2.30. The summed E-state index contributed by atoms with van der Waals surface area (Å²) >= 11 is 1.87. The highest BCUT2D eigenvalue weighted by atomic mass is 32.2. The predicted octanol–water partition coefficient (Wildman–Crippen LogP) is 3.82. The fourth-order valence-corrected chi connectivity index (χ4v) is 6.63. The smallest absolute Gasteiger partial charge is 0.257 e. The van der Waals surface area contributed by atoms with Gasteiger partial charge in [0.1, 0.15) is 17.5 Å². The SMILES string of the molecule is Cc1ccc(S(=O)(=O)NC2CCC(NC(=O)c3cc(F)cnc3OC3CCSCC3)CC2)cc1. The van der Waals surface area contributed by atoms with Crippen LogP contribution in [0.3, 0.4) is 0 Å². The zero-order valence-electron chi connectivity index (χ0n) is 19.1. The maximum atomic E-state index is 13.9. The lowest BCUT2D eigenvalue weighted by Crippen LogP contribution is -2.43. The number of nitrogens with zero attached hydrogens (tertiary/aromatic N) is 1. The van der Waals surface area contributed by atoms with Crippen molar-refractivity contribution in [3.8, 4) is 5.88 Å². The van der Waals surface area contributed by atoms with E-state index in [0.717, 1.165) is 42.2 Å². The molecule has 4 rings (SSSR count). The molecule has 2 N–H and O–H groups in total. The van der Waals surface area contributed by atoms with Crippen LogP contribution in [0.5, 0.6) is 5.88 Å². The maximum Gasteiger partial charge on any atom is 0.257 e. The molecule has 1 aromatic heterocycles. The molecule has 2 aromatic rings. The molecule has 1 amide bonds. The zero-order valence-corrected chi connectivity index (χ0v) is 20.8. The average Bonchev–Trinajstić information content (AvgIpc) is 2.82. The van der Waals surface area contributed by atoms with E-state index in [1.54, 1.807) is 24.3 Å². The Morgan fingerprint density at radius 3 is 2.38 bits per heavy atom.